The molecule has 0 saturated carbocycles. The smallest absolute Gasteiger partial charge is 0.417 e. The van der Waals surface area contributed by atoms with Gasteiger partial charge in [-0.1, -0.05) is 49.4 Å². The Morgan fingerprint density at radius 2 is 1.88 bits per heavy atom. The number of imide groups is 1. The number of halogens is 1. The standard InChI is InChI=1S/C20H20FNO3/c1-14(15-8-10-17(21)11-9-15)7-12-19(23)22-13-18(25-20(22)24)16-5-3-2-4-6-16/h2-6,8-11,14,18H,7,12-13H2,1H3/t14-,18+/m0/s1. The molecule has 2 amide bonds. The van der Waals surface area contributed by atoms with Crippen molar-refractivity contribution >= 4 is 12.0 Å². The Bertz CT molecular complexity index is 745. The third-order valence-corrected chi connectivity index (χ3v) is 4.51. The van der Waals surface area contributed by atoms with Gasteiger partial charge in [0.2, 0.25) is 5.91 Å². The van der Waals surface area contributed by atoms with Gasteiger partial charge in [-0.3, -0.25) is 4.79 Å². The van der Waals surface area contributed by atoms with E-state index in [0.717, 1.165) is 11.1 Å². The van der Waals surface area contributed by atoms with Crippen LogP contribution in [0.3, 0.4) is 0 Å². The van der Waals surface area contributed by atoms with Crippen molar-refractivity contribution in [1.82, 2.24) is 4.90 Å². The van der Waals surface area contributed by atoms with Crippen LogP contribution in [0.25, 0.3) is 0 Å². The van der Waals surface area contributed by atoms with Crippen molar-refractivity contribution in [3.63, 3.8) is 0 Å². The van der Waals surface area contributed by atoms with Gasteiger partial charge in [-0.15, -0.1) is 0 Å². The number of ether oxygens (including phenoxy) is 1. The number of carbonyl (C=O) groups is 2. The Labute approximate surface area is 146 Å². The molecule has 4 nitrogen and oxygen atoms in total. The van der Waals surface area contributed by atoms with Crippen LogP contribution in [0, 0.1) is 5.82 Å². The summed E-state index contributed by atoms with van der Waals surface area (Å²) in [5, 5.41) is 0. The molecule has 0 aliphatic carbocycles. The van der Waals surface area contributed by atoms with Gasteiger partial charge in [0.25, 0.3) is 0 Å². The Kier molecular flexibility index (Phi) is 5.12. The first-order valence-corrected chi connectivity index (χ1v) is 8.36. The number of cyclic esters (lactones) is 1. The zero-order chi connectivity index (χ0) is 17.8. The van der Waals surface area contributed by atoms with E-state index >= 15 is 0 Å². The van der Waals surface area contributed by atoms with Crippen molar-refractivity contribution in [3.8, 4) is 0 Å². The maximum Gasteiger partial charge on any atom is 0.417 e. The van der Waals surface area contributed by atoms with Gasteiger partial charge in [-0.25, -0.2) is 14.1 Å². The molecule has 25 heavy (non-hydrogen) atoms. The number of hydrogen-bond donors (Lipinski definition) is 0. The molecule has 5 heteroatoms. The molecule has 2 aromatic rings. The molecule has 2 aromatic carbocycles. The second-order valence-electron chi connectivity index (χ2n) is 6.28. The lowest BCUT2D eigenvalue weighted by Gasteiger charge is -2.14. The Morgan fingerprint density at radius 3 is 2.56 bits per heavy atom. The topological polar surface area (TPSA) is 46.6 Å². The monoisotopic (exact) mass is 341 g/mol. The molecule has 0 spiro atoms. The van der Waals surface area contributed by atoms with E-state index in [9.17, 15) is 14.0 Å². The lowest BCUT2D eigenvalue weighted by molar-refractivity contribution is -0.128. The van der Waals surface area contributed by atoms with Gasteiger partial charge < -0.3 is 4.74 Å². The fraction of sp³-hybridized carbons (Fsp3) is 0.300. The molecular weight excluding hydrogens is 321 g/mol. The van der Waals surface area contributed by atoms with E-state index in [0.29, 0.717) is 6.42 Å². The molecule has 1 heterocycles. The van der Waals surface area contributed by atoms with Crippen LogP contribution < -0.4 is 0 Å². The Balaban J connectivity index is 1.56. The quantitative estimate of drug-likeness (QED) is 0.808. The highest BCUT2D eigenvalue weighted by Gasteiger charge is 2.36. The van der Waals surface area contributed by atoms with Crippen LogP contribution >= 0.6 is 0 Å². The summed E-state index contributed by atoms with van der Waals surface area (Å²) in [6, 6.07) is 15.7. The molecule has 130 valence electrons. The van der Waals surface area contributed by atoms with Crippen molar-refractivity contribution in [2.75, 3.05) is 6.54 Å². The van der Waals surface area contributed by atoms with Gasteiger partial charge in [-0.2, -0.15) is 0 Å². The highest BCUT2D eigenvalue weighted by Crippen LogP contribution is 2.27. The van der Waals surface area contributed by atoms with E-state index in [1.54, 1.807) is 12.1 Å². The van der Waals surface area contributed by atoms with E-state index in [1.807, 2.05) is 37.3 Å². The predicted molar refractivity (Wildman–Crippen MR) is 91.4 cm³/mol. The fourth-order valence-corrected chi connectivity index (χ4v) is 2.94. The van der Waals surface area contributed by atoms with Gasteiger partial charge in [0.05, 0.1) is 6.54 Å². The summed E-state index contributed by atoms with van der Waals surface area (Å²) >= 11 is 0. The van der Waals surface area contributed by atoms with Crippen molar-refractivity contribution in [2.45, 2.75) is 31.8 Å². The Hall–Kier alpha value is -2.69. The molecule has 0 bridgehead atoms. The summed E-state index contributed by atoms with van der Waals surface area (Å²) < 4.78 is 18.3. The molecule has 0 aromatic heterocycles. The summed E-state index contributed by atoms with van der Waals surface area (Å²) in [4.78, 5) is 25.6. The van der Waals surface area contributed by atoms with Crippen LogP contribution in [0.5, 0.6) is 0 Å². The first kappa shape index (κ1) is 17.1. The van der Waals surface area contributed by atoms with E-state index in [1.165, 1.54) is 17.0 Å². The maximum absolute atomic E-state index is 13.0. The molecule has 3 rings (SSSR count). The molecule has 1 fully saturated rings. The summed E-state index contributed by atoms with van der Waals surface area (Å²) in [7, 11) is 0. The second kappa shape index (κ2) is 7.47. The number of rotatable bonds is 5. The minimum atomic E-state index is -0.590. The van der Waals surface area contributed by atoms with E-state index in [2.05, 4.69) is 0 Å². The van der Waals surface area contributed by atoms with Crippen LogP contribution in [-0.2, 0) is 9.53 Å². The molecule has 1 aliphatic heterocycles. The van der Waals surface area contributed by atoms with Crippen LogP contribution in [0.15, 0.2) is 54.6 Å². The highest BCUT2D eigenvalue weighted by molar-refractivity contribution is 5.93. The third kappa shape index (κ3) is 4.05. The number of benzene rings is 2. The van der Waals surface area contributed by atoms with Crippen LogP contribution in [0.2, 0.25) is 0 Å². The molecule has 0 N–H and O–H groups in total. The van der Waals surface area contributed by atoms with Crippen LogP contribution in [0.1, 0.15) is 42.9 Å². The summed E-state index contributed by atoms with van der Waals surface area (Å²) in [5.41, 5.74) is 1.85. The maximum atomic E-state index is 13.0. The number of amides is 2. The molecule has 0 radical (unpaired) electrons. The first-order chi connectivity index (χ1) is 12.0. The van der Waals surface area contributed by atoms with Crippen molar-refractivity contribution in [2.24, 2.45) is 0 Å². The van der Waals surface area contributed by atoms with Crippen molar-refractivity contribution in [3.05, 3.63) is 71.5 Å². The average molecular weight is 341 g/mol. The second-order valence-corrected chi connectivity index (χ2v) is 6.28. The van der Waals surface area contributed by atoms with Gasteiger partial charge in [0, 0.05) is 6.42 Å². The van der Waals surface area contributed by atoms with Crippen LogP contribution in [0.4, 0.5) is 9.18 Å². The summed E-state index contributed by atoms with van der Waals surface area (Å²) in [6.07, 6.45) is -0.167. The van der Waals surface area contributed by atoms with Gasteiger partial charge in [-0.05, 0) is 35.6 Å². The van der Waals surface area contributed by atoms with Crippen molar-refractivity contribution < 1.29 is 18.7 Å². The fourth-order valence-electron chi connectivity index (χ4n) is 2.94. The molecule has 1 saturated heterocycles. The molecular formula is C20H20FNO3. The number of nitrogens with zero attached hydrogens (tertiary/aromatic N) is 1. The molecule has 1 aliphatic rings. The molecule has 2 atom stereocenters. The van der Waals surface area contributed by atoms with E-state index in [-0.39, 0.29) is 30.6 Å². The summed E-state index contributed by atoms with van der Waals surface area (Å²) in [6.45, 7) is 2.22. The lowest BCUT2D eigenvalue weighted by Crippen LogP contribution is -2.31. The van der Waals surface area contributed by atoms with Gasteiger partial charge in [0.15, 0.2) is 0 Å². The predicted octanol–water partition coefficient (Wildman–Crippen LogP) is 4.43. The summed E-state index contributed by atoms with van der Waals surface area (Å²) in [5.74, 6) is -0.413. The largest absolute Gasteiger partial charge is 0.439 e. The average Bonchev–Trinajstić information content (AvgIpc) is 3.02. The van der Waals surface area contributed by atoms with E-state index in [4.69, 9.17) is 4.74 Å². The SMILES string of the molecule is C[C@@H](CCC(=O)N1C[C@H](c2ccccc2)OC1=O)c1ccc(F)cc1. The van der Waals surface area contributed by atoms with Crippen molar-refractivity contribution in [1.29, 1.82) is 0 Å². The molecule has 0 unspecified atom stereocenters. The van der Waals surface area contributed by atoms with Crippen LogP contribution in [-0.4, -0.2) is 23.4 Å². The highest BCUT2D eigenvalue weighted by atomic mass is 19.1. The number of hydrogen-bond acceptors (Lipinski definition) is 3. The minimum Gasteiger partial charge on any atom is -0.439 e. The first-order valence-electron chi connectivity index (χ1n) is 8.36. The third-order valence-electron chi connectivity index (χ3n) is 4.51. The zero-order valence-electron chi connectivity index (χ0n) is 14.0. The van der Waals surface area contributed by atoms with Gasteiger partial charge in [0.1, 0.15) is 11.9 Å². The Morgan fingerprint density at radius 1 is 1.20 bits per heavy atom. The normalized spacial score (nSPS) is 18.1. The van der Waals surface area contributed by atoms with E-state index < -0.39 is 12.2 Å². The minimum absolute atomic E-state index is 0.105. The lowest BCUT2D eigenvalue weighted by atomic mass is 9.96. The zero-order valence-corrected chi connectivity index (χ0v) is 14.0. The van der Waals surface area contributed by atoms with Gasteiger partial charge >= 0.3 is 6.09 Å². The number of carbonyl (C=O) groups excluding carboxylic acids is 2.